The van der Waals surface area contributed by atoms with Crippen LogP contribution in [0.15, 0.2) is 30.5 Å². The fourth-order valence-electron chi connectivity index (χ4n) is 1.81. The average molecular weight is 261 g/mol. The molecule has 0 saturated heterocycles. The molecule has 19 heavy (non-hydrogen) atoms. The second kappa shape index (κ2) is 6.10. The van der Waals surface area contributed by atoms with Crippen molar-refractivity contribution >= 4 is 16.6 Å². The molecule has 100 valence electrons. The zero-order valence-electron chi connectivity index (χ0n) is 10.6. The number of nitrogens with one attached hydrogen (secondary N) is 1. The van der Waals surface area contributed by atoms with Crippen LogP contribution in [0.3, 0.4) is 0 Å². The Morgan fingerprint density at radius 1 is 1.42 bits per heavy atom. The number of ether oxygens (including phenoxy) is 1. The third-order valence-corrected chi connectivity index (χ3v) is 2.69. The minimum atomic E-state index is -0.433. The van der Waals surface area contributed by atoms with Crippen molar-refractivity contribution in [2.45, 2.75) is 6.92 Å². The fourth-order valence-corrected chi connectivity index (χ4v) is 1.81. The van der Waals surface area contributed by atoms with Crippen LogP contribution in [0.25, 0.3) is 10.9 Å². The Balaban J connectivity index is 2.30. The van der Waals surface area contributed by atoms with Gasteiger partial charge in [0.15, 0.2) is 5.52 Å². The van der Waals surface area contributed by atoms with E-state index in [2.05, 4.69) is 10.3 Å². The maximum Gasteiger partial charge on any atom is 0.295 e. The first kappa shape index (κ1) is 13.2. The van der Waals surface area contributed by atoms with E-state index < -0.39 is 4.92 Å². The molecule has 6 nitrogen and oxygen atoms in total. The van der Waals surface area contributed by atoms with Gasteiger partial charge in [-0.15, -0.1) is 0 Å². The van der Waals surface area contributed by atoms with Crippen molar-refractivity contribution in [1.82, 2.24) is 10.3 Å². The van der Waals surface area contributed by atoms with Crippen LogP contribution in [0, 0.1) is 10.1 Å². The van der Waals surface area contributed by atoms with Crippen LogP contribution >= 0.6 is 0 Å². The van der Waals surface area contributed by atoms with Crippen LogP contribution in [0.2, 0.25) is 0 Å². The second-order valence-corrected chi connectivity index (χ2v) is 3.94. The maximum atomic E-state index is 10.9. The zero-order valence-corrected chi connectivity index (χ0v) is 10.6. The predicted octanol–water partition coefficient (Wildman–Crippen LogP) is 2.13. The number of pyridine rings is 1. The van der Waals surface area contributed by atoms with Gasteiger partial charge in [0.1, 0.15) is 12.4 Å². The van der Waals surface area contributed by atoms with Crippen LogP contribution in [-0.2, 0) is 0 Å². The molecule has 1 aromatic heterocycles. The van der Waals surface area contributed by atoms with E-state index in [9.17, 15) is 10.1 Å². The largest absolute Gasteiger partial charge is 0.492 e. The van der Waals surface area contributed by atoms with E-state index in [0.717, 1.165) is 13.1 Å². The summed E-state index contributed by atoms with van der Waals surface area (Å²) < 4.78 is 5.63. The number of nitro benzene ring substituents is 1. The first-order valence-corrected chi connectivity index (χ1v) is 6.09. The summed E-state index contributed by atoms with van der Waals surface area (Å²) in [5.74, 6) is 0.617. The molecule has 0 atom stereocenters. The number of nitrogens with zero attached hydrogens (tertiary/aromatic N) is 2. The Labute approximate surface area is 110 Å². The van der Waals surface area contributed by atoms with Gasteiger partial charge in [0.05, 0.1) is 4.92 Å². The molecule has 0 fully saturated rings. The number of hydrogen-bond acceptors (Lipinski definition) is 5. The van der Waals surface area contributed by atoms with E-state index in [1.54, 1.807) is 18.2 Å². The van der Waals surface area contributed by atoms with Crippen molar-refractivity contribution in [3.63, 3.8) is 0 Å². The van der Waals surface area contributed by atoms with E-state index in [1.165, 1.54) is 12.3 Å². The van der Waals surface area contributed by atoms with E-state index in [-0.39, 0.29) is 5.69 Å². The lowest BCUT2D eigenvalue weighted by Crippen LogP contribution is -2.20. The molecule has 0 bridgehead atoms. The van der Waals surface area contributed by atoms with E-state index in [0.29, 0.717) is 23.3 Å². The van der Waals surface area contributed by atoms with Crippen molar-refractivity contribution in [3.8, 4) is 5.75 Å². The Hall–Kier alpha value is -2.21. The summed E-state index contributed by atoms with van der Waals surface area (Å²) in [5, 5.41) is 14.7. The summed E-state index contributed by atoms with van der Waals surface area (Å²) in [6.07, 6.45) is 1.54. The summed E-state index contributed by atoms with van der Waals surface area (Å²) in [6, 6.07) is 6.56. The van der Waals surface area contributed by atoms with Crippen molar-refractivity contribution in [2.75, 3.05) is 19.7 Å². The van der Waals surface area contributed by atoms with E-state index in [4.69, 9.17) is 4.74 Å². The summed E-state index contributed by atoms with van der Waals surface area (Å²) in [5.41, 5.74) is 0.350. The van der Waals surface area contributed by atoms with Gasteiger partial charge in [0.25, 0.3) is 5.69 Å². The van der Waals surface area contributed by atoms with Crippen LogP contribution in [0.1, 0.15) is 6.92 Å². The number of nitro groups is 1. The molecule has 0 spiro atoms. The molecule has 0 unspecified atom stereocenters. The van der Waals surface area contributed by atoms with Gasteiger partial charge in [-0.25, -0.2) is 4.98 Å². The quantitative estimate of drug-likeness (QED) is 0.489. The van der Waals surface area contributed by atoms with Crippen LogP contribution in [-0.4, -0.2) is 29.6 Å². The highest BCUT2D eigenvalue weighted by molar-refractivity contribution is 5.91. The van der Waals surface area contributed by atoms with Crippen molar-refractivity contribution < 1.29 is 9.66 Å². The molecule has 0 radical (unpaired) electrons. The summed E-state index contributed by atoms with van der Waals surface area (Å²) in [4.78, 5) is 14.6. The minimum absolute atomic E-state index is 0.00497. The molecule has 0 saturated carbocycles. The molecule has 0 aliphatic heterocycles. The predicted molar refractivity (Wildman–Crippen MR) is 72.4 cm³/mol. The molecular weight excluding hydrogens is 246 g/mol. The molecule has 0 aliphatic carbocycles. The molecule has 0 amide bonds. The fraction of sp³-hybridized carbons (Fsp3) is 0.308. The molecule has 0 aliphatic rings. The molecule has 1 aromatic carbocycles. The Kier molecular flexibility index (Phi) is 4.25. The Morgan fingerprint density at radius 3 is 3.00 bits per heavy atom. The highest BCUT2D eigenvalue weighted by Crippen LogP contribution is 2.31. The highest BCUT2D eigenvalue weighted by Gasteiger charge is 2.15. The SMILES string of the molecule is CCNCCOc1ccc([N+](=O)[O-])c2ncccc12. The first-order chi connectivity index (χ1) is 9.24. The van der Waals surface area contributed by atoms with E-state index in [1.807, 2.05) is 6.92 Å². The van der Waals surface area contributed by atoms with Gasteiger partial charge < -0.3 is 10.1 Å². The summed E-state index contributed by atoms with van der Waals surface area (Å²) in [6.45, 7) is 4.14. The number of non-ortho nitro benzene ring substituents is 1. The zero-order chi connectivity index (χ0) is 13.7. The van der Waals surface area contributed by atoms with Crippen LogP contribution in [0.4, 0.5) is 5.69 Å². The van der Waals surface area contributed by atoms with Gasteiger partial charge in [-0.2, -0.15) is 0 Å². The molecule has 6 heteroatoms. The summed E-state index contributed by atoms with van der Waals surface area (Å²) >= 11 is 0. The van der Waals surface area contributed by atoms with Gasteiger partial charge in [0, 0.05) is 24.2 Å². The molecule has 1 N–H and O–H groups in total. The van der Waals surface area contributed by atoms with Crippen molar-refractivity contribution in [3.05, 3.63) is 40.6 Å². The third kappa shape index (κ3) is 2.97. The lowest BCUT2D eigenvalue weighted by atomic mass is 10.1. The van der Waals surface area contributed by atoms with Crippen molar-refractivity contribution in [2.24, 2.45) is 0 Å². The smallest absolute Gasteiger partial charge is 0.295 e. The average Bonchev–Trinajstić information content (AvgIpc) is 2.43. The van der Waals surface area contributed by atoms with Gasteiger partial charge in [-0.3, -0.25) is 10.1 Å². The normalized spacial score (nSPS) is 10.6. The van der Waals surface area contributed by atoms with Crippen LogP contribution in [0.5, 0.6) is 5.75 Å². The number of aromatic nitrogens is 1. The van der Waals surface area contributed by atoms with Crippen molar-refractivity contribution in [1.29, 1.82) is 0 Å². The number of likely N-dealkylation sites (N-methyl/N-ethyl adjacent to an activating group) is 1. The van der Waals surface area contributed by atoms with Gasteiger partial charge in [-0.05, 0) is 24.7 Å². The third-order valence-electron chi connectivity index (χ3n) is 2.69. The first-order valence-electron chi connectivity index (χ1n) is 6.09. The number of hydrogen-bond donors (Lipinski definition) is 1. The second-order valence-electron chi connectivity index (χ2n) is 3.94. The molecular formula is C13H15N3O3. The number of benzene rings is 1. The van der Waals surface area contributed by atoms with Gasteiger partial charge in [-0.1, -0.05) is 6.92 Å². The topological polar surface area (TPSA) is 77.3 Å². The lowest BCUT2D eigenvalue weighted by Gasteiger charge is -2.09. The van der Waals surface area contributed by atoms with E-state index >= 15 is 0 Å². The minimum Gasteiger partial charge on any atom is -0.492 e. The van der Waals surface area contributed by atoms with Gasteiger partial charge >= 0.3 is 0 Å². The molecule has 2 rings (SSSR count). The van der Waals surface area contributed by atoms with Gasteiger partial charge in [0.2, 0.25) is 0 Å². The number of fused-ring (bicyclic) bond motifs is 1. The van der Waals surface area contributed by atoms with Crippen LogP contribution < -0.4 is 10.1 Å². The molecule has 1 heterocycles. The maximum absolute atomic E-state index is 10.9. The highest BCUT2D eigenvalue weighted by atomic mass is 16.6. The molecule has 2 aromatic rings. The summed E-state index contributed by atoms with van der Waals surface area (Å²) in [7, 11) is 0. The monoisotopic (exact) mass is 261 g/mol. The lowest BCUT2D eigenvalue weighted by molar-refractivity contribution is -0.383. The Bertz CT molecular complexity index is 586. The standard InChI is InChI=1S/C13H15N3O3/c1-2-14-8-9-19-12-6-5-11(16(17)18)13-10(12)4-3-7-15-13/h3-7,14H,2,8-9H2,1H3. The Morgan fingerprint density at radius 2 is 2.26 bits per heavy atom. The number of rotatable bonds is 6.